The number of benzene rings is 1. The molecule has 0 saturated heterocycles. The first-order valence-electron chi connectivity index (χ1n) is 6.48. The third-order valence-corrected chi connectivity index (χ3v) is 3.01. The van der Waals surface area contributed by atoms with Crippen molar-refractivity contribution >= 4 is 16.8 Å². The van der Waals surface area contributed by atoms with Crippen molar-refractivity contribution in [1.82, 2.24) is 10.3 Å². The Labute approximate surface area is 111 Å². The van der Waals surface area contributed by atoms with E-state index in [1.807, 2.05) is 24.3 Å². The smallest absolute Gasteiger partial charge is 0.261 e. The molecule has 0 saturated carbocycles. The Morgan fingerprint density at radius 1 is 1.32 bits per heavy atom. The maximum atomic E-state index is 12.0. The molecule has 1 aromatic heterocycles. The van der Waals surface area contributed by atoms with Crippen molar-refractivity contribution in [2.75, 3.05) is 6.54 Å². The monoisotopic (exact) mass is 258 g/mol. The van der Waals surface area contributed by atoms with Gasteiger partial charge in [-0.2, -0.15) is 0 Å². The number of pyridine rings is 1. The van der Waals surface area contributed by atoms with Crippen LogP contribution < -0.4 is 10.9 Å². The van der Waals surface area contributed by atoms with E-state index in [1.54, 1.807) is 6.07 Å². The number of amides is 1. The van der Waals surface area contributed by atoms with Crippen LogP contribution in [0.5, 0.6) is 0 Å². The van der Waals surface area contributed by atoms with Crippen molar-refractivity contribution in [2.24, 2.45) is 5.92 Å². The predicted molar refractivity (Wildman–Crippen MR) is 76.4 cm³/mol. The Hall–Kier alpha value is -2.10. The highest BCUT2D eigenvalue weighted by atomic mass is 16.2. The SMILES string of the molecule is CC(C)CCNC(=O)c1cc2ccccc2[nH]c1=O. The molecule has 1 aromatic carbocycles. The first-order chi connectivity index (χ1) is 9.08. The van der Waals surface area contributed by atoms with Gasteiger partial charge in [-0.1, -0.05) is 32.0 Å². The summed E-state index contributed by atoms with van der Waals surface area (Å²) in [7, 11) is 0. The van der Waals surface area contributed by atoms with Gasteiger partial charge >= 0.3 is 0 Å². The molecule has 1 heterocycles. The second kappa shape index (κ2) is 5.69. The number of aromatic nitrogens is 1. The van der Waals surface area contributed by atoms with E-state index in [0.717, 1.165) is 17.3 Å². The Kier molecular flexibility index (Phi) is 4.00. The number of nitrogens with one attached hydrogen (secondary N) is 2. The number of hydrogen-bond donors (Lipinski definition) is 2. The van der Waals surface area contributed by atoms with Crippen LogP contribution >= 0.6 is 0 Å². The topological polar surface area (TPSA) is 62.0 Å². The lowest BCUT2D eigenvalue weighted by molar-refractivity contribution is 0.0950. The normalized spacial score (nSPS) is 10.9. The molecular weight excluding hydrogens is 240 g/mol. The van der Waals surface area contributed by atoms with Gasteiger partial charge in [-0.25, -0.2) is 0 Å². The summed E-state index contributed by atoms with van der Waals surface area (Å²) >= 11 is 0. The Balaban J connectivity index is 2.22. The van der Waals surface area contributed by atoms with Crippen LogP contribution in [0.25, 0.3) is 10.9 Å². The van der Waals surface area contributed by atoms with E-state index in [-0.39, 0.29) is 17.0 Å². The van der Waals surface area contributed by atoms with Crippen LogP contribution in [0.1, 0.15) is 30.6 Å². The number of fused-ring (bicyclic) bond motifs is 1. The van der Waals surface area contributed by atoms with Crippen LogP contribution in [0.15, 0.2) is 35.1 Å². The first-order valence-corrected chi connectivity index (χ1v) is 6.48. The van der Waals surface area contributed by atoms with Crippen LogP contribution in [-0.2, 0) is 0 Å². The summed E-state index contributed by atoms with van der Waals surface area (Å²) in [5.74, 6) is 0.211. The van der Waals surface area contributed by atoms with E-state index in [9.17, 15) is 9.59 Å². The Bertz CT molecular complexity index is 644. The maximum absolute atomic E-state index is 12.0. The number of H-pyrrole nitrogens is 1. The van der Waals surface area contributed by atoms with E-state index >= 15 is 0 Å². The fourth-order valence-electron chi connectivity index (χ4n) is 1.89. The van der Waals surface area contributed by atoms with Crippen molar-refractivity contribution < 1.29 is 4.79 Å². The Morgan fingerprint density at radius 3 is 2.79 bits per heavy atom. The predicted octanol–water partition coefficient (Wildman–Crippen LogP) is 2.30. The molecule has 0 unspecified atom stereocenters. The Morgan fingerprint density at radius 2 is 2.05 bits per heavy atom. The number of carbonyl (C=O) groups is 1. The van der Waals surface area contributed by atoms with Gasteiger partial charge in [-0.05, 0) is 29.9 Å². The number of rotatable bonds is 4. The second-order valence-corrected chi connectivity index (χ2v) is 5.04. The van der Waals surface area contributed by atoms with Crippen LogP contribution in [0.4, 0.5) is 0 Å². The summed E-state index contributed by atoms with van der Waals surface area (Å²) < 4.78 is 0. The van der Waals surface area contributed by atoms with Crippen LogP contribution in [0.2, 0.25) is 0 Å². The third-order valence-electron chi connectivity index (χ3n) is 3.01. The van der Waals surface area contributed by atoms with Gasteiger partial charge in [0.25, 0.3) is 11.5 Å². The highest BCUT2D eigenvalue weighted by Gasteiger charge is 2.11. The van der Waals surface area contributed by atoms with E-state index in [4.69, 9.17) is 0 Å². The molecule has 4 nitrogen and oxygen atoms in total. The van der Waals surface area contributed by atoms with Crippen LogP contribution in [0.3, 0.4) is 0 Å². The second-order valence-electron chi connectivity index (χ2n) is 5.04. The van der Waals surface area contributed by atoms with Crippen molar-refractivity contribution in [1.29, 1.82) is 0 Å². The van der Waals surface area contributed by atoms with Gasteiger partial charge in [0, 0.05) is 12.1 Å². The van der Waals surface area contributed by atoms with Gasteiger partial charge in [0.1, 0.15) is 5.56 Å². The summed E-state index contributed by atoms with van der Waals surface area (Å²) in [5, 5.41) is 3.63. The molecule has 2 rings (SSSR count). The molecule has 19 heavy (non-hydrogen) atoms. The zero-order valence-electron chi connectivity index (χ0n) is 11.2. The lowest BCUT2D eigenvalue weighted by Crippen LogP contribution is -2.30. The molecule has 1 amide bonds. The number of carbonyl (C=O) groups excluding carboxylic acids is 1. The molecule has 0 radical (unpaired) electrons. The van der Waals surface area contributed by atoms with Gasteiger partial charge in [-0.3, -0.25) is 9.59 Å². The molecule has 0 atom stereocenters. The lowest BCUT2D eigenvalue weighted by Gasteiger charge is -2.07. The van der Waals surface area contributed by atoms with E-state index in [0.29, 0.717) is 12.5 Å². The number of aromatic amines is 1. The van der Waals surface area contributed by atoms with Crippen molar-refractivity contribution in [3.63, 3.8) is 0 Å². The largest absolute Gasteiger partial charge is 0.352 e. The molecule has 2 N–H and O–H groups in total. The van der Waals surface area contributed by atoms with Gasteiger partial charge in [-0.15, -0.1) is 0 Å². The fourth-order valence-corrected chi connectivity index (χ4v) is 1.89. The molecule has 0 spiro atoms. The lowest BCUT2D eigenvalue weighted by atomic mass is 10.1. The summed E-state index contributed by atoms with van der Waals surface area (Å²) in [6.07, 6.45) is 0.900. The molecule has 0 bridgehead atoms. The molecule has 100 valence electrons. The van der Waals surface area contributed by atoms with Crippen LogP contribution in [0, 0.1) is 5.92 Å². The quantitative estimate of drug-likeness (QED) is 0.884. The minimum atomic E-state index is -0.347. The van der Waals surface area contributed by atoms with Crippen LogP contribution in [-0.4, -0.2) is 17.4 Å². The summed E-state index contributed by atoms with van der Waals surface area (Å²) in [6, 6.07) is 9.05. The molecular formula is C15H18N2O2. The molecule has 0 fully saturated rings. The summed E-state index contributed by atoms with van der Waals surface area (Å²) in [6.45, 7) is 4.77. The third kappa shape index (κ3) is 3.22. The first kappa shape index (κ1) is 13.3. The van der Waals surface area contributed by atoms with Gasteiger partial charge in [0.2, 0.25) is 0 Å². The van der Waals surface area contributed by atoms with E-state index < -0.39 is 0 Å². The van der Waals surface area contributed by atoms with Gasteiger partial charge < -0.3 is 10.3 Å². The zero-order chi connectivity index (χ0) is 13.8. The molecule has 4 heteroatoms. The minimum absolute atomic E-state index is 0.169. The van der Waals surface area contributed by atoms with Crippen molar-refractivity contribution in [2.45, 2.75) is 20.3 Å². The van der Waals surface area contributed by atoms with Crippen molar-refractivity contribution in [3.8, 4) is 0 Å². The minimum Gasteiger partial charge on any atom is -0.352 e. The number of para-hydroxylation sites is 1. The molecule has 2 aromatic rings. The molecule has 0 aliphatic rings. The average molecular weight is 258 g/mol. The van der Waals surface area contributed by atoms with Gasteiger partial charge in [0.05, 0.1) is 0 Å². The summed E-state index contributed by atoms with van der Waals surface area (Å²) in [4.78, 5) is 26.5. The summed E-state index contributed by atoms with van der Waals surface area (Å²) in [5.41, 5.74) is 0.564. The fraction of sp³-hybridized carbons (Fsp3) is 0.333. The van der Waals surface area contributed by atoms with E-state index in [1.165, 1.54) is 0 Å². The van der Waals surface area contributed by atoms with Gasteiger partial charge in [0.15, 0.2) is 0 Å². The average Bonchev–Trinajstić information content (AvgIpc) is 2.37. The molecule has 0 aliphatic carbocycles. The molecule has 0 aliphatic heterocycles. The highest BCUT2D eigenvalue weighted by molar-refractivity contribution is 5.97. The highest BCUT2D eigenvalue weighted by Crippen LogP contribution is 2.10. The zero-order valence-corrected chi connectivity index (χ0v) is 11.2. The standard InChI is InChI=1S/C15H18N2O2/c1-10(2)7-8-16-14(18)12-9-11-5-3-4-6-13(11)17-15(12)19/h3-6,9-10H,7-8H2,1-2H3,(H,16,18)(H,17,19). The van der Waals surface area contributed by atoms with E-state index in [2.05, 4.69) is 24.1 Å². The maximum Gasteiger partial charge on any atom is 0.261 e. The number of hydrogen-bond acceptors (Lipinski definition) is 2. The van der Waals surface area contributed by atoms with Crippen molar-refractivity contribution in [3.05, 3.63) is 46.2 Å².